The molecule has 1 aromatic heterocycles. The average molecular weight is 541 g/mol. The minimum Gasteiger partial charge on any atom is -0.444 e. The van der Waals surface area contributed by atoms with Crippen LogP contribution in [0.2, 0.25) is 25.7 Å². The summed E-state index contributed by atoms with van der Waals surface area (Å²) >= 11 is 0. The third-order valence-corrected chi connectivity index (χ3v) is 7.22. The molecule has 8 nitrogen and oxygen atoms in total. The van der Waals surface area contributed by atoms with Crippen molar-refractivity contribution in [1.82, 2.24) is 20.2 Å². The van der Waals surface area contributed by atoms with Gasteiger partial charge in [0.2, 0.25) is 0 Å². The van der Waals surface area contributed by atoms with E-state index >= 15 is 0 Å². The van der Waals surface area contributed by atoms with E-state index in [4.69, 9.17) is 14.5 Å². The largest absolute Gasteiger partial charge is 0.444 e. The summed E-state index contributed by atoms with van der Waals surface area (Å²) in [6.45, 7) is 21.3. The Hall–Kier alpha value is -3.17. The van der Waals surface area contributed by atoms with Gasteiger partial charge in [0.15, 0.2) is 0 Å². The van der Waals surface area contributed by atoms with Gasteiger partial charge in [-0.2, -0.15) is 0 Å². The first-order valence-corrected chi connectivity index (χ1v) is 16.8. The molecule has 0 aliphatic carbocycles. The molecule has 0 spiro atoms. The molecule has 208 valence electrons. The van der Waals surface area contributed by atoms with Crippen molar-refractivity contribution in [2.75, 3.05) is 13.2 Å². The van der Waals surface area contributed by atoms with Crippen LogP contribution >= 0.6 is 0 Å². The fourth-order valence-electron chi connectivity index (χ4n) is 3.62. The number of ether oxygens (including phenoxy) is 2. The van der Waals surface area contributed by atoms with Gasteiger partial charge in [0.05, 0.1) is 11.7 Å². The molecule has 0 aliphatic heterocycles. The first kappa shape index (κ1) is 31.0. The maximum Gasteiger partial charge on any atom is 0.408 e. The molecular weight excluding hydrogens is 496 g/mol. The molecule has 38 heavy (non-hydrogen) atoms. The molecule has 2 rings (SSSR count). The summed E-state index contributed by atoms with van der Waals surface area (Å²) in [5, 5.41) is 5.86. The molecule has 0 aliphatic rings. The Morgan fingerprint density at radius 1 is 1.16 bits per heavy atom. The number of carbonyl (C=O) groups excluding carboxylic acids is 2. The maximum absolute atomic E-state index is 12.9. The Morgan fingerprint density at radius 2 is 1.87 bits per heavy atom. The molecule has 2 amide bonds. The topological polar surface area (TPSA) is 94.5 Å². The molecule has 0 fully saturated rings. The first-order valence-electron chi connectivity index (χ1n) is 13.1. The van der Waals surface area contributed by atoms with E-state index in [0.29, 0.717) is 48.6 Å². The number of imidazole rings is 1. The van der Waals surface area contributed by atoms with Crippen LogP contribution in [0.15, 0.2) is 55.8 Å². The molecule has 1 atom stereocenters. The third kappa shape index (κ3) is 10.3. The fraction of sp³-hybridized carbons (Fsp3) is 0.483. The van der Waals surface area contributed by atoms with Crippen molar-refractivity contribution in [3.8, 4) is 11.3 Å². The van der Waals surface area contributed by atoms with Crippen molar-refractivity contribution >= 4 is 20.1 Å². The first-order chi connectivity index (χ1) is 17.8. The number of nitrogens with zero attached hydrogens (tertiary/aromatic N) is 2. The second-order valence-corrected chi connectivity index (χ2v) is 17.0. The van der Waals surface area contributed by atoms with Crippen LogP contribution in [0.3, 0.4) is 0 Å². The minimum atomic E-state index is -1.26. The van der Waals surface area contributed by atoms with Gasteiger partial charge in [-0.15, -0.1) is 13.2 Å². The standard InChI is InChI=1S/C29H44N4O4Si/c1-9-11-17-30-27(34)23-16-13-12-15-22(23)25-20-33(21-36-18-19-38(6,7)8)26(31-25)24(14-10-2)32-28(35)37-29(3,4)5/h9-10,12-13,15-16,20,24H,1-2,11,14,17-19,21H2,3-8H3,(H,30,34)(H,32,35)/t24-/m0/s1. The van der Waals surface area contributed by atoms with E-state index in [1.54, 1.807) is 18.2 Å². The van der Waals surface area contributed by atoms with Gasteiger partial charge in [0, 0.05) is 38.5 Å². The number of carbonyl (C=O) groups is 2. The Kier molecular flexibility index (Phi) is 11.5. The normalized spacial score (nSPS) is 12.5. The molecule has 0 bridgehead atoms. The van der Waals surface area contributed by atoms with Crippen molar-refractivity contribution in [1.29, 1.82) is 0 Å². The molecule has 2 aromatic rings. The van der Waals surface area contributed by atoms with Gasteiger partial charge in [0.1, 0.15) is 18.2 Å². The van der Waals surface area contributed by atoms with Gasteiger partial charge in [0.25, 0.3) is 5.91 Å². The summed E-state index contributed by atoms with van der Waals surface area (Å²) in [7, 11) is -1.26. The molecule has 1 heterocycles. The number of nitrogens with one attached hydrogen (secondary N) is 2. The molecule has 0 unspecified atom stereocenters. The Morgan fingerprint density at radius 3 is 2.50 bits per heavy atom. The number of hydrogen-bond donors (Lipinski definition) is 2. The highest BCUT2D eigenvalue weighted by Gasteiger charge is 2.25. The van der Waals surface area contributed by atoms with Crippen molar-refractivity contribution in [2.24, 2.45) is 0 Å². The fourth-order valence-corrected chi connectivity index (χ4v) is 4.37. The van der Waals surface area contributed by atoms with Gasteiger partial charge in [-0.1, -0.05) is 50.0 Å². The van der Waals surface area contributed by atoms with E-state index in [1.165, 1.54) is 0 Å². The van der Waals surface area contributed by atoms with E-state index in [1.807, 2.05) is 49.7 Å². The van der Waals surface area contributed by atoms with Crippen LogP contribution in [-0.2, 0) is 16.2 Å². The quantitative estimate of drug-likeness (QED) is 0.166. The number of alkyl carbamates (subject to hydrolysis) is 1. The highest BCUT2D eigenvalue weighted by atomic mass is 28.3. The number of benzene rings is 1. The van der Waals surface area contributed by atoms with Gasteiger partial charge < -0.3 is 24.7 Å². The molecule has 1 aromatic carbocycles. The number of rotatable bonds is 14. The van der Waals surface area contributed by atoms with Crippen LogP contribution in [0.25, 0.3) is 11.3 Å². The third-order valence-electron chi connectivity index (χ3n) is 5.52. The molecule has 0 saturated carbocycles. The van der Waals surface area contributed by atoms with E-state index in [0.717, 1.165) is 6.04 Å². The van der Waals surface area contributed by atoms with E-state index in [2.05, 4.69) is 43.4 Å². The van der Waals surface area contributed by atoms with Gasteiger partial charge in [-0.05, 0) is 45.7 Å². The van der Waals surface area contributed by atoms with E-state index in [-0.39, 0.29) is 12.6 Å². The second kappa shape index (κ2) is 14.1. The second-order valence-electron chi connectivity index (χ2n) is 11.4. The van der Waals surface area contributed by atoms with Crippen molar-refractivity contribution in [3.05, 3.63) is 67.2 Å². The summed E-state index contributed by atoms with van der Waals surface area (Å²) in [4.78, 5) is 30.5. The van der Waals surface area contributed by atoms with Crippen molar-refractivity contribution < 1.29 is 19.1 Å². The zero-order chi connectivity index (χ0) is 28.3. The SMILES string of the molecule is C=CCCNC(=O)c1ccccc1-c1cn(COCC[Si](C)(C)C)c([C@H](CC=C)NC(=O)OC(C)(C)C)n1. The number of aromatic nitrogens is 2. The highest BCUT2D eigenvalue weighted by molar-refractivity contribution is 6.76. The lowest BCUT2D eigenvalue weighted by Gasteiger charge is -2.23. The van der Waals surface area contributed by atoms with E-state index in [9.17, 15) is 9.59 Å². The van der Waals surface area contributed by atoms with Crippen LogP contribution in [0.4, 0.5) is 4.79 Å². The lowest BCUT2D eigenvalue weighted by Crippen LogP contribution is -2.36. The minimum absolute atomic E-state index is 0.181. The van der Waals surface area contributed by atoms with Gasteiger partial charge in [-0.25, -0.2) is 9.78 Å². The predicted octanol–water partition coefficient (Wildman–Crippen LogP) is 6.31. The molecule has 2 N–H and O–H groups in total. The summed E-state index contributed by atoms with van der Waals surface area (Å²) in [6.07, 6.45) is 5.94. The smallest absolute Gasteiger partial charge is 0.408 e. The zero-order valence-electron chi connectivity index (χ0n) is 23.8. The molecule has 0 radical (unpaired) electrons. The Balaban J connectivity index is 2.44. The molecule has 0 saturated heterocycles. The maximum atomic E-state index is 12.9. The highest BCUT2D eigenvalue weighted by Crippen LogP contribution is 2.27. The summed E-state index contributed by atoms with van der Waals surface area (Å²) in [5.74, 6) is 0.417. The van der Waals surface area contributed by atoms with E-state index < -0.39 is 25.8 Å². The summed E-state index contributed by atoms with van der Waals surface area (Å²) in [5.41, 5.74) is 1.19. The van der Waals surface area contributed by atoms with Crippen LogP contribution in [0.1, 0.15) is 55.8 Å². The lowest BCUT2D eigenvalue weighted by atomic mass is 10.0. The van der Waals surface area contributed by atoms with Crippen LogP contribution in [0.5, 0.6) is 0 Å². The number of hydrogen-bond acceptors (Lipinski definition) is 5. The molecular formula is C29H44N4O4Si. The predicted molar refractivity (Wildman–Crippen MR) is 156 cm³/mol. The van der Waals surface area contributed by atoms with Crippen molar-refractivity contribution in [3.63, 3.8) is 0 Å². The molecule has 9 heteroatoms. The Bertz CT molecular complexity index is 1100. The van der Waals surface area contributed by atoms with Crippen LogP contribution < -0.4 is 10.6 Å². The lowest BCUT2D eigenvalue weighted by molar-refractivity contribution is 0.0492. The van der Waals surface area contributed by atoms with Crippen LogP contribution in [0, 0.1) is 0 Å². The van der Waals surface area contributed by atoms with Gasteiger partial charge in [-0.3, -0.25) is 4.79 Å². The zero-order valence-corrected chi connectivity index (χ0v) is 24.8. The summed E-state index contributed by atoms with van der Waals surface area (Å²) < 4.78 is 13.4. The Labute approximate surface area is 228 Å². The van der Waals surface area contributed by atoms with Crippen LogP contribution in [-0.4, -0.2) is 48.4 Å². The van der Waals surface area contributed by atoms with Gasteiger partial charge >= 0.3 is 6.09 Å². The number of amides is 2. The summed E-state index contributed by atoms with van der Waals surface area (Å²) in [6, 6.07) is 7.89. The average Bonchev–Trinajstić information content (AvgIpc) is 3.24. The monoisotopic (exact) mass is 540 g/mol. The van der Waals surface area contributed by atoms with Crippen molar-refractivity contribution in [2.45, 2.75) is 77.7 Å².